The van der Waals surface area contributed by atoms with Gasteiger partial charge in [-0.3, -0.25) is 14.9 Å². The van der Waals surface area contributed by atoms with Crippen molar-refractivity contribution in [3.63, 3.8) is 0 Å². The van der Waals surface area contributed by atoms with Crippen LogP contribution < -0.4 is 10.6 Å². The summed E-state index contributed by atoms with van der Waals surface area (Å²) in [5.41, 5.74) is -6.03. The number of carbonyl (C=O) groups is 3. The molecule has 0 unspecified atom stereocenters. The van der Waals surface area contributed by atoms with Crippen molar-refractivity contribution < 1.29 is 58.2 Å². The number of hydrogen-bond donors (Lipinski definition) is 6. The van der Waals surface area contributed by atoms with Gasteiger partial charge in [0.1, 0.15) is 30.2 Å². The molecule has 0 radical (unpaired) electrons. The van der Waals surface area contributed by atoms with Crippen LogP contribution in [-0.4, -0.2) is 113 Å². The Morgan fingerprint density at radius 3 is 2.48 bits per heavy atom. The van der Waals surface area contributed by atoms with E-state index in [4.69, 9.17) is 23.4 Å². The summed E-state index contributed by atoms with van der Waals surface area (Å²) in [6, 6.07) is 2.16. The van der Waals surface area contributed by atoms with Crippen molar-refractivity contribution in [2.75, 3.05) is 33.0 Å². The molecule has 6 N–H and O–H groups in total. The third kappa shape index (κ3) is 4.86. The predicted octanol–water partition coefficient (Wildman–Crippen LogP) is 2.11. The number of rotatable bonds is 8. The molecule has 4 aliphatic carbocycles. The third-order valence-electron chi connectivity index (χ3n) is 17.7. The Balaban J connectivity index is 1.02. The fourth-order valence-electron chi connectivity index (χ4n) is 15.1. The van der Waals surface area contributed by atoms with Gasteiger partial charge in [0.25, 0.3) is 0 Å². The summed E-state index contributed by atoms with van der Waals surface area (Å²) < 4.78 is 32.4. The van der Waals surface area contributed by atoms with Crippen LogP contribution in [-0.2, 0) is 39.8 Å². The van der Waals surface area contributed by atoms with Crippen molar-refractivity contribution in [2.45, 2.75) is 127 Å². The predicted molar refractivity (Wildman–Crippen MR) is 203 cm³/mol. The van der Waals surface area contributed by atoms with Crippen LogP contribution in [0.2, 0.25) is 0 Å². The maximum Gasteiger partial charge on any atom is 0.339 e. The van der Waals surface area contributed by atoms with Crippen LogP contribution in [0, 0.1) is 57.2 Å². The standard InChI is InChI=1S/C44H60N2O12/c1-39(2)32-31(50)33(51)41(4)30(43(32)20-55-38(53)42(37(43)58-39)13-9-22(16-42)18-47)10-12-40(3)34(56-36(52)35-44(40,41)57-35)25-11-14-54-29(25)15-26(28(49)19-48)23-5-7-24(8-6-23)27-17-45-21-46-27/h5,7,11,14,22-24,26-28,30,32-35,37,45-49,51H,6,8-10,12-13,15-21H2,1-4H3/t22-,23+,24+,26+,27+,28-,30+,32-,33-,34+,35-,37+,40+,41+,42+,43-,44-/m1/s1. The molecule has 14 nitrogen and oxygen atoms in total. The number of ether oxygens (including phenoxy) is 4. The molecule has 318 valence electrons. The molecule has 3 saturated carbocycles. The number of ketones is 1. The summed E-state index contributed by atoms with van der Waals surface area (Å²) in [5, 5.41) is 51.1. The van der Waals surface area contributed by atoms with E-state index in [1.165, 1.54) is 0 Å². The molecule has 14 heteroatoms. The molecule has 0 aromatic carbocycles. The molecule has 3 spiro atoms. The van der Waals surface area contributed by atoms with E-state index in [1.807, 2.05) is 27.7 Å². The van der Waals surface area contributed by atoms with Crippen LogP contribution in [0.4, 0.5) is 0 Å². The highest BCUT2D eigenvalue weighted by Gasteiger charge is 2.91. The SMILES string of the molecule is CC1(C)O[C@H]2[C@@]3(CC[C@@H](CO)C3)C(=O)OC[C@@]23[C@@H]1C(=O)[C@@H](O)[C@]1(C)[C@@H]3CC[C@@]2(C)[C@H](c3ccoc3C[C@H]([C@H](O)CO)[C@H]3C=C[C@H]([C@@H]4CNCN4)CC3)OC(=O)[C@H]3O[C@@]312. The minimum atomic E-state index is -1.52. The Morgan fingerprint density at radius 1 is 0.983 bits per heavy atom. The average molecular weight is 809 g/mol. The van der Waals surface area contributed by atoms with Gasteiger partial charge in [-0.15, -0.1) is 0 Å². The minimum absolute atomic E-state index is 0.0196. The lowest BCUT2D eigenvalue weighted by atomic mass is 9.35. The lowest BCUT2D eigenvalue weighted by Crippen LogP contribution is -2.77. The number of carbonyl (C=O) groups excluding carboxylic acids is 3. The van der Waals surface area contributed by atoms with E-state index in [0.29, 0.717) is 55.4 Å². The molecule has 5 saturated heterocycles. The quantitative estimate of drug-likeness (QED) is 0.126. The van der Waals surface area contributed by atoms with Gasteiger partial charge in [0.15, 0.2) is 11.9 Å². The van der Waals surface area contributed by atoms with Crippen LogP contribution in [0.3, 0.4) is 0 Å². The maximum absolute atomic E-state index is 15.0. The number of epoxide rings is 1. The van der Waals surface area contributed by atoms with Crippen LogP contribution in [0.5, 0.6) is 0 Å². The van der Waals surface area contributed by atoms with E-state index >= 15 is 4.79 Å². The summed E-state index contributed by atoms with van der Waals surface area (Å²) in [6.07, 6.45) is 5.37. The minimum Gasteiger partial charge on any atom is -0.469 e. The van der Waals surface area contributed by atoms with Gasteiger partial charge in [-0.05, 0) is 88.5 Å². The maximum atomic E-state index is 15.0. The Kier molecular flexibility index (Phi) is 8.95. The van der Waals surface area contributed by atoms with Gasteiger partial charge in [-0.2, -0.15) is 0 Å². The second-order valence-electron chi connectivity index (χ2n) is 20.5. The Bertz CT molecular complexity index is 1890. The first-order valence-electron chi connectivity index (χ1n) is 21.7. The first-order valence-corrected chi connectivity index (χ1v) is 21.7. The fourth-order valence-corrected chi connectivity index (χ4v) is 15.1. The van der Waals surface area contributed by atoms with Gasteiger partial charge in [0.05, 0.1) is 42.0 Å². The van der Waals surface area contributed by atoms with E-state index in [0.717, 1.165) is 26.1 Å². The van der Waals surface area contributed by atoms with Crippen molar-refractivity contribution in [3.8, 4) is 0 Å². The van der Waals surface area contributed by atoms with E-state index in [1.54, 1.807) is 12.3 Å². The zero-order valence-electron chi connectivity index (χ0n) is 34.0. The zero-order valence-corrected chi connectivity index (χ0v) is 34.0. The molecule has 17 atom stereocenters. The van der Waals surface area contributed by atoms with Crippen molar-refractivity contribution in [2.24, 2.45) is 57.2 Å². The molecule has 10 rings (SSSR count). The number of esters is 2. The largest absolute Gasteiger partial charge is 0.469 e. The molecule has 1 aromatic heterocycles. The lowest BCUT2D eigenvalue weighted by molar-refractivity contribution is -0.264. The van der Waals surface area contributed by atoms with Crippen LogP contribution in [0.1, 0.15) is 90.1 Å². The number of aliphatic hydroxyl groups excluding tert-OH is 4. The van der Waals surface area contributed by atoms with E-state index in [-0.39, 0.29) is 43.4 Å². The summed E-state index contributed by atoms with van der Waals surface area (Å²) in [5.74, 6) is -2.16. The van der Waals surface area contributed by atoms with E-state index in [2.05, 4.69) is 22.8 Å². The topological polar surface area (TPSA) is 210 Å². The Labute approximate surface area is 338 Å². The number of furan rings is 1. The summed E-state index contributed by atoms with van der Waals surface area (Å²) in [4.78, 5) is 43.2. The number of allylic oxidation sites excluding steroid dienone is 1. The van der Waals surface area contributed by atoms with Crippen molar-refractivity contribution in [1.82, 2.24) is 10.6 Å². The van der Waals surface area contributed by atoms with Gasteiger partial charge in [-0.1, -0.05) is 26.0 Å². The summed E-state index contributed by atoms with van der Waals surface area (Å²) in [6.45, 7) is 8.81. The fraction of sp³-hybridized carbons (Fsp3) is 0.795. The zero-order chi connectivity index (χ0) is 40.8. The Morgan fingerprint density at radius 2 is 1.79 bits per heavy atom. The van der Waals surface area contributed by atoms with Gasteiger partial charge >= 0.3 is 11.9 Å². The van der Waals surface area contributed by atoms with Crippen molar-refractivity contribution in [3.05, 3.63) is 35.8 Å². The van der Waals surface area contributed by atoms with Crippen molar-refractivity contribution in [1.29, 1.82) is 0 Å². The molecule has 8 fully saturated rings. The first-order chi connectivity index (χ1) is 27.6. The molecule has 0 amide bonds. The monoisotopic (exact) mass is 808 g/mol. The smallest absolute Gasteiger partial charge is 0.339 e. The van der Waals surface area contributed by atoms with Crippen LogP contribution in [0.15, 0.2) is 28.9 Å². The van der Waals surface area contributed by atoms with Crippen LogP contribution in [0.25, 0.3) is 0 Å². The third-order valence-corrected chi connectivity index (χ3v) is 17.7. The lowest BCUT2D eigenvalue weighted by Gasteiger charge is -2.67. The molecular formula is C44H60N2O12. The normalized spacial score (nSPS) is 49.6. The van der Waals surface area contributed by atoms with Crippen molar-refractivity contribution >= 4 is 17.7 Å². The number of fused-ring (bicyclic) bond motifs is 2. The highest BCUT2D eigenvalue weighted by atomic mass is 16.7. The second-order valence-corrected chi connectivity index (χ2v) is 20.5. The first kappa shape index (κ1) is 39.4. The van der Waals surface area contributed by atoms with E-state index in [9.17, 15) is 30.0 Å². The van der Waals surface area contributed by atoms with Gasteiger partial charge in [0.2, 0.25) is 0 Å². The molecule has 58 heavy (non-hydrogen) atoms. The number of cyclic esters (lactones) is 2. The number of Topliss-reactive ketones (excluding diaryl/α,β-unsaturated/α-hetero) is 1. The summed E-state index contributed by atoms with van der Waals surface area (Å²) in [7, 11) is 0. The Hall–Kier alpha value is -2.69. The molecular weight excluding hydrogens is 748 g/mol. The highest BCUT2D eigenvalue weighted by Crippen LogP contribution is 2.81. The highest BCUT2D eigenvalue weighted by molar-refractivity contribution is 5.92. The van der Waals surface area contributed by atoms with Gasteiger partial charge in [-0.25, -0.2) is 4.79 Å². The second kappa shape index (κ2) is 13.2. The molecule has 6 heterocycles. The average Bonchev–Trinajstić information content (AvgIpc) is 3.64. The molecule has 9 aliphatic rings. The summed E-state index contributed by atoms with van der Waals surface area (Å²) >= 11 is 0. The number of nitrogens with one attached hydrogen (secondary N) is 2. The van der Waals surface area contributed by atoms with Gasteiger partial charge < -0.3 is 49.1 Å². The van der Waals surface area contributed by atoms with Gasteiger partial charge in [0, 0.05) is 60.0 Å². The van der Waals surface area contributed by atoms with E-state index < -0.39 is 93.6 Å². The molecule has 5 aliphatic heterocycles. The number of hydrogen-bond acceptors (Lipinski definition) is 14. The number of aliphatic hydroxyl groups is 4. The molecule has 0 bridgehead atoms. The molecule has 1 aromatic rings. The van der Waals surface area contributed by atoms with Crippen LogP contribution >= 0.6 is 0 Å².